The SMILES string of the molecule is CCOC(=O)C12CC1CCN(C(=O)O)C2. The number of fused-ring (bicyclic) bond motifs is 1. The summed E-state index contributed by atoms with van der Waals surface area (Å²) in [6.07, 6.45) is 0.629. The number of rotatable bonds is 2. The fourth-order valence-electron chi connectivity index (χ4n) is 2.44. The predicted octanol–water partition coefficient (Wildman–Crippen LogP) is 0.940. The average Bonchev–Trinajstić information content (AvgIpc) is 2.92. The molecule has 15 heavy (non-hydrogen) atoms. The first-order valence-corrected chi connectivity index (χ1v) is 5.25. The summed E-state index contributed by atoms with van der Waals surface area (Å²) in [6, 6.07) is 0. The number of ether oxygens (including phenoxy) is 1. The van der Waals surface area contributed by atoms with Gasteiger partial charge in [-0.25, -0.2) is 4.79 Å². The van der Waals surface area contributed by atoms with Gasteiger partial charge >= 0.3 is 12.1 Å². The van der Waals surface area contributed by atoms with Gasteiger partial charge in [0.2, 0.25) is 0 Å². The normalized spacial score (nSPS) is 33.1. The average molecular weight is 213 g/mol. The number of hydrogen-bond acceptors (Lipinski definition) is 3. The van der Waals surface area contributed by atoms with Gasteiger partial charge in [-0.15, -0.1) is 0 Å². The monoisotopic (exact) mass is 213 g/mol. The summed E-state index contributed by atoms with van der Waals surface area (Å²) in [5.74, 6) is 0.119. The largest absolute Gasteiger partial charge is 0.466 e. The minimum atomic E-state index is -0.941. The van der Waals surface area contributed by atoms with Gasteiger partial charge in [-0.1, -0.05) is 0 Å². The zero-order valence-corrected chi connectivity index (χ0v) is 8.73. The first-order chi connectivity index (χ1) is 7.10. The molecule has 1 saturated heterocycles. The molecule has 84 valence electrons. The van der Waals surface area contributed by atoms with Crippen molar-refractivity contribution in [2.24, 2.45) is 11.3 Å². The Morgan fingerprint density at radius 1 is 1.60 bits per heavy atom. The fraction of sp³-hybridized carbons (Fsp3) is 0.800. The van der Waals surface area contributed by atoms with Crippen molar-refractivity contribution in [1.82, 2.24) is 4.90 Å². The molecule has 2 atom stereocenters. The zero-order chi connectivity index (χ0) is 11.1. The van der Waals surface area contributed by atoms with Gasteiger partial charge in [0.1, 0.15) is 0 Å². The summed E-state index contributed by atoms with van der Waals surface area (Å²) < 4.78 is 5.00. The van der Waals surface area contributed by atoms with Crippen LogP contribution in [0.15, 0.2) is 0 Å². The summed E-state index contributed by atoms with van der Waals surface area (Å²) in [4.78, 5) is 23.8. The molecule has 1 N–H and O–H groups in total. The summed E-state index contributed by atoms with van der Waals surface area (Å²) in [6.45, 7) is 2.98. The number of amides is 1. The van der Waals surface area contributed by atoms with Crippen LogP contribution in [0.4, 0.5) is 4.79 Å². The Labute approximate surface area is 88.0 Å². The number of hydrogen-bond donors (Lipinski definition) is 1. The van der Waals surface area contributed by atoms with Gasteiger partial charge in [-0.3, -0.25) is 4.79 Å². The van der Waals surface area contributed by atoms with Gasteiger partial charge in [0.15, 0.2) is 0 Å². The van der Waals surface area contributed by atoms with E-state index in [1.165, 1.54) is 4.90 Å². The van der Waals surface area contributed by atoms with E-state index < -0.39 is 11.5 Å². The van der Waals surface area contributed by atoms with Crippen LogP contribution in [-0.4, -0.2) is 41.8 Å². The summed E-state index contributed by atoms with van der Waals surface area (Å²) in [7, 11) is 0. The van der Waals surface area contributed by atoms with Gasteiger partial charge in [-0.05, 0) is 25.7 Å². The van der Waals surface area contributed by atoms with Crippen LogP contribution in [0.3, 0.4) is 0 Å². The van der Waals surface area contributed by atoms with E-state index in [1.54, 1.807) is 6.92 Å². The van der Waals surface area contributed by atoms with E-state index in [-0.39, 0.29) is 5.97 Å². The molecule has 0 aromatic rings. The Kier molecular flexibility index (Phi) is 2.32. The van der Waals surface area contributed by atoms with E-state index in [2.05, 4.69) is 0 Å². The molecule has 1 amide bonds. The zero-order valence-electron chi connectivity index (χ0n) is 8.73. The van der Waals surface area contributed by atoms with Gasteiger partial charge in [-0.2, -0.15) is 0 Å². The molecule has 0 spiro atoms. The molecule has 2 unspecified atom stereocenters. The van der Waals surface area contributed by atoms with Crippen molar-refractivity contribution in [3.63, 3.8) is 0 Å². The third-order valence-corrected chi connectivity index (χ3v) is 3.40. The molecule has 1 aliphatic heterocycles. The number of carbonyl (C=O) groups is 2. The first kappa shape index (κ1) is 10.3. The molecule has 1 saturated carbocycles. The Morgan fingerprint density at radius 2 is 2.33 bits per heavy atom. The topological polar surface area (TPSA) is 66.8 Å². The molecule has 2 rings (SSSR count). The molecular weight excluding hydrogens is 198 g/mol. The van der Waals surface area contributed by atoms with E-state index in [4.69, 9.17) is 9.84 Å². The van der Waals surface area contributed by atoms with Crippen LogP contribution >= 0.6 is 0 Å². The second-order valence-corrected chi connectivity index (χ2v) is 4.27. The minimum Gasteiger partial charge on any atom is -0.466 e. The fourth-order valence-corrected chi connectivity index (χ4v) is 2.44. The van der Waals surface area contributed by atoms with Crippen LogP contribution in [0.25, 0.3) is 0 Å². The predicted molar refractivity (Wildman–Crippen MR) is 51.4 cm³/mol. The van der Waals surface area contributed by atoms with Crippen LogP contribution in [0.5, 0.6) is 0 Å². The molecular formula is C10H15NO4. The maximum absolute atomic E-state index is 11.7. The van der Waals surface area contributed by atoms with E-state index >= 15 is 0 Å². The highest BCUT2D eigenvalue weighted by atomic mass is 16.5. The number of carbonyl (C=O) groups excluding carboxylic acids is 1. The highest BCUT2D eigenvalue weighted by Crippen LogP contribution is 2.58. The molecule has 0 radical (unpaired) electrons. The van der Waals surface area contributed by atoms with Crippen LogP contribution in [0.2, 0.25) is 0 Å². The van der Waals surface area contributed by atoms with Crippen molar-refractivity contribution in [3.8, 4) is 0 Å². The lowest BCUT2D eigenvalue weighted by molar-refractivity contribution is -0.151. The quantitative estimate of drug-likeness (QED) is 0.693. The molecule has 5 heteroatoms. The Hall–Kier alpha value is -1.26. The van der Waals surface area contributed by atoms with E-state index in [0.717, 1.165) is 12.8 Å². The third kappa shape index (κ3) is 1.56. The standard InChI is InChI=1S/C10H15NO4/c1-2-15-8(12)10-5-7(10)3-4-11(6-10)9(13)14/h7H,2-6H2,1H3,(H,13,14). The lowest BCUT2D eigenvalue weighted by atomic mass is 9.97. The van der Waals surface area contributed by atoms with Crippen molar-refractivity contribution in [2.45, 2.75) is 19.8 Å². The second-order valence-electron chi connectivity index (χ2n) is 4.27. The van der Waals surface area contributed by atoms with Gasteiger partial charge < -0.3 is 14.7 Å². The van der Waals surface area contributed by atoms with E-state index in [0.29, 0.717) is 25.6 Å². The first-order valence-electron chi connectivity index (χ1n) is 5.25. The van der Waals surface area contributed by atoms with Crippen molar-refractivity contribution >= 4 is 12.1 Å². The lowest BCUT2D eigenvalue weighted by Crippen LogP contribution is -2.43. The smallest absolute Gasteiger partial charge is 0.407 e. The molecule has 2 fully saturated rings. The minimum absolute atomic E-state index is 0.221. The van der Waals surface area contributed by atoms with E-state index in [9.17, 15) is 9.59 Å². The summed E-state index contributed by atoms with van der Waals surface area (Å²) in [5.41, 5.74) is -0.507. The molecule has 1 aliphatic carbocycles. The molecule has 0 bridgehead atoms. The maximum Gasteiger partial charge on any atom is 0.407 e. The highest BCUT2D eigenvalue weighted by Gasteiger charge is 2.63. The lowest BCUT2D eigenvalue weighted by Gasteiger charge is -2.29. The third-order valence-electron chi connectivity index (χ3n) is 3.40. The Balaban J connectivity index is 2.05. The summed E-state index contributed by atoms with van der Waals surface area (Å²) in [5, 5.41) is 8.87. The van der Waals surface area contributed by atoms with Gasteiger partial charge in [0, 0.05) is 13.1 Å². The second kappa shape index (κ2) is 3.40. The number of piperidine rings is 1. The molecule has 0 aromatic carbocycles. The summed E-state index contributed by atoms with van der Waals surface area (Å²) >= 11 is 0. The van der Waals surface area contributed by atoms with Crippen LogP contribution in [-0.2, 0) is 9.53 Å². The van der Waals surface area contributed by atoms with Crippen molar-refractivity contribution in [1.29, 1.82) is 0 Å². The van der Waals surface area contributed by atoms with Crippen molar-refractivity contribution < 1.29 is 19.4 Å². The van der Waals surface area contributed by atoms with Gasteiger partial charge in [0.05, 0.1) is 12.0 Å². The number of esters is 1. The number of nitrogens with zero attached hydrogens (tertiary/aromatic N) is 1. The molecule has 5 nitrogen and oxygen atoms in total. The highest BCUT2D eigenvalue weighted by molar-refractivity contribution is 5.82. The molecule has 0 aromatic heterocycles. The Bertz CT molecular complexity index is 304. The van der Waals surface area contributed by atoms with Crippen LogP contribution < -0.4 is 0 Å². The van der Waals surface area contributed by atoms with Crippen LogP contribution in [0.1, 0.15) is 19.8 Å². The van der Waals surface area contributed by atoms with Crippen molar-refractivity contribution in [2.75, 3.05) is 19.7 Å². The molecule has 1 heterocycles. The molecule has 2 aliphatic rings. The maximum atomic E-state index is 11.7. The van der Waals surface area contributed by atoms with Gasteiger partial charge in [0.25, 0.3) is 0 Å². The Morgan fingerprint density at radius 3 is 2.93 bits per heavy atom. The number of likely N-dealkylation sites (tertiary alicyclic amines) is 1. The van der Waals surface area contributed by atoms with Crippen molar-refractivity contribution in [3.05, 3.63) is 0 Å². The van der Waals surface area contributed by atoms with E-state index in [1.807, 2.05) is 0 Å². The number of carboxylic acid groups (broad SMARTS) is 1. The van der Waals surface area contributed by atoms with Crippen LogP contribution in [0, 0.1) is 11.3 Å².